The number of anilines is 1. The molecular formula is C29H40ClN3O4S. The fourth-order valence-electron chi connectivity index (χ4n) is 5.70. The third kappa shape index (κ3) is 7.50. The third-order valence-corrected chi connectivity index (χ3v) is 9.95. The lowest BCUT2D eigenvalue weighted by Crippen LogP contribution is -2.46. The second kappa shape index (κ2) is 13.3. The zero-order valence-corrected chi connectivity index (χ0v) is 24.0. The van der Waals surface area contributed by atoms with Crippen LogP contribution in [0.4, 0.5) is 5.69 Å². The second-order valence-corrected chi connectivity index (χ2v) is 13.1. The Balaban J connectivity index is 1.21. The third-order valence-electron chi connectivity index (χ3n) is 7.73. The molecule has 1 N–H and O–H groups in total. The summed E-state index contributed by atoms with van der Waals surface area (Å²) in [4.78, 5) is 15.0. The van der Waals surface area contributed by atoms with Crippen LogP contribution >= 0.6 is 11.6 Å². The lowest BCUT2D eigenvalue weighted by molar-refractivity contribution is -0.127. The van der Waals surface area contributed by atoms with E-state index in [9.17, 15) is 13.2 Å². The van der Waals surface area contributed by atoms with Gasteiger partial charge in [0.05, 0.1) is 11.5 Å². The molecule has 1 unspecified atom stereocenters. The molecule has 0 aromatic heterocycles. The van der Waals surface area contributed by atoms with E-state index in [0.717, 1.165) is 51.4 Å². The normalized spacial score (nSPS) is 22.7. The maximum Gasteiger partial charge on any atom is 0.246 e. The van der Waals surface area contributed by atoms with Gasteiger partial charge in [0.2, 0.25) is 15.9 Å². The van der Waals surface area contributed by atoms with E-state index in [1.807, 2.05) is 0 Å². The molecule has 1 aliphatic carbocycles. The van der Waals surface area contributed by atoms with Crippen LogP contribution in [0, 0.1) is 5.92 Å². The first-order chi connectivity index (χ1) is 18.2. The van der Waals surface area contributed by atoms with Crippen LogP contribution in [0.5, 0.6) is 0 Å². The van der Waals surface area contributed by atoms with Crippen molar-refractivity contribution in [2.24, 2.45) is 5.92 Å². The van der Waals surface area contributed by atoms with Crippen molar-refractivity contribution in [3.8, 4) is 0 Å². The lowest BCUT2D eigenvalue weighted by Gasteiger charge is -2.34. The lowest BCUT2D eigenvalue weighted by atomic mass is 9.82. The van der Waals surface area contributed by atoms with Crippen molar-refractivity contribution >= 4 is 33.2 Å². The van der Waals surface area contributed by atoms with Crippen molar-refractivity contribution in [1.29, 1.82) is 0 Å². The number of ether oxygens (including phenoxy) is 1. The molecule has 0 radical (unpaired) electrons. The molecule has 1 saturated carbocycles. The van der Waals surface area contributed by atoms with Crippen LogP contribution in [0.3, 0.4) is 0 Å². The van der Waals surface area contributed by atoms with Gasteiger partial charge >= 0.3 is 0 Å². The molecule has 1 heterocycles. The zero-order chi connectivity index (χ0) is 27.1. The Kier molecular flexibility index (Phi) is 10.1. The molecular weight excluding hydrogens is 522 g/mol. The Hall–Kier alpha value is -2.13. The molecule has 9 heteroatoms. The summed E-state index contributed by atoms with van der Waals surface area (Å²) in [6, 6.07) is 14.7. The van der Waals surface area contributed by atoms with E-state index in [1.165, 1.54) is 27.7 Å². The molecule has 1 atom stereocenters. The molecule has 0 spiro atoms. The number of rotatable bonds is 10. The first kappa shape index (κ1) is 28.9. The van der Waals surface area contributed by atoms with Crippen LogP contribution < -0.4 is 10.2 Å². The van der Waals surface area contributed by atoms with Crippen molar-refractivity contribution in [3.05, 3.63) is 59.1 Å². The number of sulfonamides is 1. The van der Waals surface area contributed by atoms with Crippen LogP contribution in [0.15, 0.2) is 53.4 Å². The number of amides is 1. The number of carbonyl (C=O) groups excluding carboxylic acids is 1. The Morgan fingerprint density at radius 1 is 1.03 bits per heavy atom. The van der Waals surface area contributed by atoms with Crippen molar-refractivity contribution in [2.45, 2.75) is 68.3 Å². The number of halogens is 1. The smallest absolute Gasteiger partial charge is 0.246 e. The van der Waals surface area contributed by atoms with Crippen LogP contribution in [0.25, 0.3) is 0 Å². The molecule has 4 rings (SSSR count). The summed E-state index contributed by atoms with van der Waals surface area (Å²) in [6.07, 6.45) is 7.65. The Labute approximate surface area is 232 Å². The maximum absolute atomic E-state index is 13.2. The molecule has 208 valence electrons. The summed E-state index contributed by atoms with van der Waals surface area (Å²) < 4.78 is 33.7. The molecule has 1 amide bonds. The number of piperidine rings is 1. The summed E-state index contributed by atoms with van der Waals surface area (Å²) >= 11 is 5.93. The molecule has 1 saturated heterocycles. The van der Waals surface area contributed by atoms with Crippen LogP contribution in [-0.4, -0.2) is 64.6 Å². The number of benzene rings is 2. The second-order valence-electron chi connectivity index (χ2n) is 10.7. The van der Waals surface area contributed by atoms with Gasteiger partial charge in [-0.15, -0.1) is 0 Å². The zero-order valence-electron chi connectivity index (χ0n) is 22.4. The van der Waals surface area contributed by atoms with Gasteiger partial charge in [0, 0.05) is 43.4 Å². The predicted octanol–water partition coefficient (Wildman–Crippen LogP) is 4.88. The van der Waals surface area contributed by atoms with E-state index < -0.39 is 10.0 Å². The van der Waals surface area contributed by atoms with E-state index in [2.05, 4.69) is 48.6 Å². The van der Waals surface area contributed by atoms with Gasteiger partial charge in [0.1, 0.15) is 6.61 Å². The predicted molar refractivity (Wildman–Crippen MR) is 152 cm³/mol. The van der Waals surface area contributed by atoms with E-state index in [4.69, 9.17) is 16.3 Å². The van der Waals surface area contributed by atoms with E-state index in [-0.39, 0.29) is 36.1 Å². The van der Waals surface area contributed by atoms with E-state index in [1.54, 1.807) is 12.1 Å². The summed E-state index contributed by atoms with van der Waals surface area (Å²) in [5, 5.41) is 3.62. The Morgan fingerprint density at radius 3 is 2.45 bits per heavy atom. The van der Waals surface area contributed by atoms with Crippen molar-refractivity contribution in [3.63, 3.8) is 0 Å². The minimum Gasteiger partial charge on any atom is -0.377 e. The van der Waals surface area contributed by atoms with Crippen LogP contribution in [0.2, 0.25) is 5.02 Å². The van der Waals surface area contributed by atoms with Crippen molar-refractivity contribution < 1.29 is 17.9 Å². The average Bonchev–Trinajstić information content (AvgIpc) is 2.90. The molecule has 38 heavy (non-hydrogen) atoms. The number of carbonyl (C=O) groups is 1. The number of nitrogens with zero attached hydrogens (tertiary/aromatic N) is 2. The Morgan fingerprint density at radius 2 is 1.74 bits per heavy atom. The molecule has 1 aliphatic heterocycles. The average molecular weight is 562 g/mol. The maximum atomic E-state index is 13.2. The standard InChI is InChI=1S/C29H40ClN3O4S/c1-32(2)28-9-4-3-7-23(28)19-22-10-14-25(15-11-22)31-29(34)21-37-20-26-8-5-6-18-33(26)38(35,36)27-16-12-24(30)13-17-27/h3-4,7,9,12-13,16-17,22,25-26H,5-6,8,10-11,14-15,18-21H2,1-2H3,(H,31,34). The van der Waals surface area contributed by atoms with Gasteiger partial charge in [-0.1, -0.05) is 36.2 Å². The topological polar surface area (TPSA) is 79.0 Å². The molecule has 7 nitrogen and oxygen atoms in total. The Bertz CT molecular complexity index is 1160. The number of para-hydroxylation sites is 1. The van der Waals surface area contributed by atoms with E-state index >= 15 is 0 Å². The molecule has 2 aromatic carbocycles. The highest BCUT2D eigenvalue weighted by Crippen LogP contribution is 2.31. The van der Waals surface area contributed by atoms with Crippen LogP contribution in [0.1, 0.15) is 50.5 Å². The first-order valence-corrected chi connectivity index (χ1v) is 15.5. The van der Waals surface area contributed by atoms with Crippen LogP contribution in [-0.2, 0) is 26.0 Å². The largest absolute Gasteiger partial charge is 0.377 e. The highest BCUT2D eigenvalue weighted by molar-refractivity contribution is 7.89. The SMILES string of the molecule is CN(C)c1ccccc1CC1CCC(NC(=O)COCC2CCCCN2S(=O)(=O)c2ccc(Cl)cc2)CC1. The molecule has 0 bridgehead atoms. The molecule has 2 aliphatic rings. The van der Waals surface area contributed by atoms with Gasteiger partial charge in [0.25, 0.3) is 0 Å². The summed E-state index contributed by atoms with van der Waals surface area (Å²) in [5.74, 6) is 0.495. The highest BCUT2D eigenvalue weighted by Gasteiger charge is 2.34. The van der Waals surface area contributed by atoms with Gasteiger partial charge in [0.15, 0.2) is 0 Å². The fraction of sp³-hybridized carbons (Fsp3) is 0.552. The quantitative estimate of drug-likeness (QED) is 0.447. The van der Waals surface area contributed by atoms with Gasteiger partial charge in [-0.3, -0.25) is 4.79 Å². The number of nitrogens with one attached hydrogen (secondary N) is 1. The van der Waals surface area contributed by atoms with Gasteiger partial charge in [-0.25, -0.2) is 8.42 Å². The highest BCUT2D eigenvalue weighted by atomic mass is 35.5. The molecule has 2 aromatic rings. The number of hydrogen-bond acceptors (Lipinski definition) is 5. The summed E-state index contributed by atoms with van der Waals surface area (Å²) in [5.41, 5.74) is 2.66. The summed E-state index contributed by atoms with van der Waals surface area (Å²) in [7, 11) is 0.517. The van der Waals surface area contributed by atoms with Gasteiger partial charge < -0.3 is 15.0 Å². The minimum absolute atomic E-state index is 0.0541. The molecule has 2 fully saturated rings. The number of hydrogen-bond donors (Lipinski definition) is 1. The minimum atomic E-state index is -3.65. The van der Waals surface area contributed by atoms with Crippen molar-refractivity contribution in [1.82, 2.24) is 9.62 Å². The van der Waals surface area contributed by atoms with Gasteiger partial charge in [-0.05, 0) is 86.8 Å². The fourth-order valence-corrected chi connectivity index (χ4v) is 7.50. The monoisotopic (exact) mass is 561 g/mol. The van der Waals surface area contributed by atoms with Crippen molar-refractivity contribution in [2.75, 3.05) is 38.8 Å². The summed E-state index contributed by atoms with van der Waals surface area (Å²) in [6.45, 7) is 0.604. The first-order valence-electron chi connectivity index (χ1n) is 13.6. The van der Waals surface area contributed by atoms with E-state index in [0.29, 0.717) is 17.5 Å². The van der Waals surface area contributed by atoms with Gasteiger partial charge in [-0.2, -0.15) is 4.31 Å².